The van der Waals surface area contributed by atoms with Gasteiger partial charge in [0, 0.05) is 12.6 Å². The largest absolute Gasteiger partial charge is 0.398 e. The van der Waals surface area contributed by atoms with E-state index in [1.54, 1.807) is 18.2 Å². The quantitative estimate of drug-likeness (QED) is 0.838. The van der Waals surface area contributed by atoms with Crippen LogP contribution in [-0.2, 0) is 4.74 Å². The molecule has 1 aromatic carbocycles. The van der Waals surface area contributed by atoms with Crippen molar-refractivity contribution in [3.63, 3.8) is 0 Å². The molecule has 1 heterocycles. The molecule has 0 bridgehead atoms. The highest BCUT2D eigenvalue weighted by atomic mass is 35.5. The number of benzene rings is 1. The molecule has 0 saturated carbocycles. The Labute approximate surface area is 131 Å². The van der Waals surface area contributed by atoms with Gasteiger partial charge in [0.05, 0.1) is 21.9 Å². The van der Waals surface area contributed by atoms with E-state index in [-0.39, 0.29) is 17.6 Å². The molecule has 1 aromatic rings. The van der Waals surface area contributed by atoms with Crippen LogP contribution >= 0.6 is 11.6 Å². The fourth-order valence-corrected chi connectivity index (χ4v) is 3.09. The first-order valence-corrected chi connectivity index (χ1v) is 7.88. The number of anilines is 1. The van der Waals surface area contributed by atoms with Gasteiger partial charge < -0.3 is 15.8 Å². The van der Waals surface area contributed by atoms with Crippen LogP contribution in [0, 0.1) is 0 Å². The van der Waals surface area contributed by atoms with E-state index >= 15 is 0 Å². The van der Waals surface area contributed by atoms with Crippen molar-refractivity contribution in [3.05, 3.63) is 28.8 Å². The van der Waals surface area contributed by atoms with Gasteiger partial charge in [0.15, 0.2) is 0 Å². The molecule has 4 nitrogen and oxygen atoms in total. The summed E-state index contributed by atoms with van der Waals surface area (Å²) >= 11 is 6.11. The summed E-state index contributed by atoms with van der Waals surface area (Å²) in [5.41, 5.74) is 6.49. The molecule has 0 aliphatic carbocycles. The summed E-state index contributed by atoms with van der Waals surface area (Å²) in [5, 5.41) is 3.39. The predicted molar refractivity (Wildman–Crippen MR) is 85.6 cm³/mol. The molecule has 1 aliphatic rings. The lowest BCUT2D eigenvalue weighted by Crippen LogP contribution is -2.48. The van der Waals surface area contributed by atoms with Gasteiger partial charge in [0.25, 0.3) is 5.91 Å². The van der Waals surface area contributed by atoms with Gasteiger partial charge in [-0.25, -0.2) is 0 Å². The van der Waals surface area contributed by atoms with Gasteiger partial charge >= 0.3 is 0 Å². The van der Waals surface area contributed by atoms with Crippen molar-refractivity contribution < 1.29 is 9.53 Å². The third-order valence-electron chi connectivity index (χ3n) is 4.39. The number of carbonyl (C=O) groups is 1. The Morgan fingerprint density at radius 1 is 1.48 bits per heavy atom. The maximum atomic E-state index is 12.4. The number of rotatable bonds is 4. The number of hydrogen-bond acceptors (Lipinski definition) is 3. The minimum absolute atomic E-state index is 0.114. The molecular formula is C16H23ClN2O2. The number of nitrogens with one attached hydrogen (secondary N) is 1. The number of ether oxygens (including phenoxy) is 1. The Hall–Kier alpha value is -1.26. The smallest absolute Gasteiger partial charge is 0.253 e. The second-order valence-electron chi connectivity index (χ2n) is 5.61. The van der Waals surface area contributed by atoms with Crippen LogP contribution in [0.4, 0.5) is 5.69 Å². The third-order valence-corrected chi connectivity index (χ3v) is 4.81. The van der Waals surface area contributed by atoms with E-state index in [0.29, 0.717) is 22.9 Å². The summed E-state index contributed by atoms with van der Waals surface area (Å²) in [5.74, 6) is -0.166. The zero-order chi connectivity index (χ0) is 15.5. The van der Waals surface area contributed by atoms with Crippen molar-refractivity contribution in [3.8, 4) is 0 Å². The Balaban J connectivity index is 2.07. The molecule has 0 aromatic heterocycles. The van der Waals surface area contributed by atoms with Crippen LogP contribution in [0.5, 0.6) is 0 Å². The van der Waals surface area contributed by atoms with E-state index in [4.69, 9.17) is 22.1 Å². The van der Waals surface area contributed by atoms with E-state index in [1.165, 1.54) is 0 Å². The first kappa shape index (κ1) is 16.1. The van der Waals surface area contributed by atoms with E-state index in [2.05, 4.69) is 19.2 Å². The summed E-state index contributed by atoms with van der Waals surface area (Å²) in [6, 6.07) is 5.24. The monoisotopic (exact) mass is 310 g/mol. The highest BCUT2D eigenvalue weighted by Crippen LogP contribution is 2.32. The van der Waals surface area contributed by atoms with Gasteiger partial charge in [0.2, 0.25) is 0 Å². The number of nitrogen functional groups attached to an aromatic ring is 1. The van der Waals surface area contributed by atoms with Crippen LogP contribution in [0.1, 0.15) is 49.9 Å². The van der Waals surface area contributed by atoms with Gasteiger partial charge in [-0.1, -0.05) is 31.5 Å². The maximum Gasteiger partial charge on any atom is 0.253 e. The van der Waals surface area contributed by atoms with Gasteiger partial charge in [-0.05, 0) is 37.8 Å². The summed E-state index contributed by atoms with van der Waals surface area (Å²) in [7, 11) is 0. The number of amides is 1. The lowest BCUT2D eigenvalue weighted by molar-refractivity contribution is -0.0917. The van der Waals surface area contributed by atoms with E-state index in [0.717, 1.165) is 25.7 Å². The van der Waals surface area contributed by atoms with Crippen molar-refractivity contribution in [2.75, 3.05) is 12.3 Å². The van der Waals surface area contributed by atoms with Gasteiger partial charge in [-0.2, -0.15) is 0 Å². The topological polar surface area (TPSA) is 64.4 Å². The van der Waals surface area contributed by atoms with Gasteiger partial charge in [-0.3, -0.25) is 4.79 Å². The molecule has 0 spiro atoms. The second-order valence-corrected chi connectivity index (χ2v) is 5.99. The molecule has 21 heavy (non-hydrogen) atoms. The number of halogens is 1. The van der Waals surface area contributed by atoms with Crippen molar-refractivity contribution in [2.24, 2.45) is 0 Å². The minimum Gasteiger partial charge on any atom is -0.398 e. The zero-order valence-corrected chi connectivity index (χ0v) is 13.4. The highest BCUT2D eigenvalue weighted by Gasteiger charge is 2.35. The van der Waals surface area contributed by atoms with Crippen LogP contribution < -0.4 is 11.1 Å². The number of carbonyl (C=O) groups excluding carboxylic acids is 1. The Bertz CT molecular complexity index is 515. The lowest BCUT2D eigenvalue weighted by atomic mass is 9.86. The van der Waals surface area contributed by atoms with Gasteiger partial charge in [0.1, 0.15) is 0 Å². The Morgan fingerprint density at radius 2 is 2.19 bits per heavy atom. The highest BCUT2D eigenvalue weighted by molar-refractivity contribution is 6.36. The molecule has 3 N–H and O–H groups in total. The normalized spacial score (nSPS) is 21.0. The lowest BCUT2D eigenvalue weighted by Gasteiger charge is -2.40. The molecule has 1 amide bonds. The van der Waals surface area contributed by atoms with Crippen LogP contribution in [0.2, 0.25) is 5.02 Å². The van der Waals surface area contributed by atoms with E-state index in [9.17, 15) is 4.79 Å². The second kappa shape index (κ2) is 6.67. The van der Waals surface area contributed by atoms with E-state index < -0.39 is 0 Å². The zero-order valence-electron chi connectivity index (χ0n) is 12.6. The van der Waals surface area contributed by atoms with Crippen LogP contribution in [0.15, 0.2) is 18.2 Å². The van der Waals surface area contributed by atoms with Crippen molar-refractivity contribution in [2.45, 2.75) is 51.2 Å². The molecule has 5 heteroatoms. The molecule has 116 valence electrons. The van der Waals surface area contributed by atoms with E-state index in [1.807, 2.05) is 0 Å². The number of hydrogen-bond donors (Lipinski definition) is 2. The minimum atomic E-state index is -0.166. The fourth-order valence-electron chi connectivity index (χ4n) is 2.88. The molecule has 1 unspecified atom stereocenters. The first-order valence-electron chi connectivity index (χ1n) is 7.50. The molecule has 2 rings (SSSR count). The van der Waals surface area contributed by atoms with Crippen LogP contribution in [0.3, 0.4) is 0 Å². The molecule has 0 radical (unpaired) electrons. The number of nitrogens with two attached hydrogens (primary N) is 1. The van der Waals surface area contributed by atoms with Crippen LogP contribution in [0.25, 0.3) is 0 Å². The van der Waals surface area contributed by atoms with Crippen molar-refractivity contribution in [1.82, 2.24) is 5.32 Å². The molecule has 1 aliphatic heterocycles. The Kier molecular flexibility index (Phi) is 5.12. The predicted octanol–water partition coefficient (Wildman–Crippen LogP) is 3.39. The summed E-state index contributed by atoms with van der Waals surface area (Å²) < 4.78 is 5.93. The fraction of sp³-hybridized carbons (Fsp3) is 0.562. The summed E-state index contributed by atoms with van der Waals surface area (Å²) in [6.07, 6.45) is 3.57. The van der Waals surface area contributed by atoms with Crippen LogP contribution in [-0.4, -0.2) is 24.2 Å². The molecular weight excluding hydrogens is 288 g/mol. The maximum absolute atomic E-state index is 12.4. The summed E-state index contributed by atoms with van der Waals surface area (Å²) in [6.45, 7) is 4.93. The molecule has 1 atom stereocenters. The van der Waals surface area contributed by atoms with Gasteiger partial charge in [-0.15, -0.1) is 0 Å². The average molecular weight is 311 g/mol. The summed E-state index contributed by atoms with van der Waals surface area (Å²) in [4.78, 5) is 12.4. The average Bonchev–Trinajstić information content (AvgIpc) is 2.50. The third kappa shape index (κ3) is 3.50. The first-order chi connectivity index (χ1) is 10.0. The molecule has 1 fully saturated rings. The molecule has 1 saturated heterocycles. The SMILES string of the molecule is CCC1(CC)CC(NC(=O)c2cccc(N)c2Cl)CCO1. The van der Waals surface area contributed by atoms with Crippen molar-refractivity contribution >= 4 is 23.2 Å². The standard InChI is InChI=1S/C16H23ClN2O2/c1-3-16(4-2)10-11(8-9-21-16)19-15(20)12-6-5-7-13(18)14(12)17/h5-7,11H,3-4,8-10,18H2,1-2H3,(H,19,20). The Morgan fingerprint density at radius 3 is 2.86 bits per heavy atom. The van der Waals surface area contributed by atoms with Crippen molar-refractivity contribution in [1.29, 1.82) is 0 Å².